The normalized spacial score (nSPS) is 12.2. The van der Waals surface area contributed by atoms with Crippen molar-refractivity contribution in [2.75, 3.05) is 98.5 Å². The molecule has 1 aromatic carbocycles. The first-order valence-electron chi connectivity index (χ1n) is 43.4. The Morgan fingerprint density at radius 1 is 0.362 bits per heavy atom. The summed E-state index contributed by atoms with van der Waals surface area (Å²) in [5.74, 6) is 1.81. The second-order valence-electron chi connectivity index (χ2n) is 29.4. The Bertz CT molecular complexity index is 2050. The van der Waals surface area contributed by atoms with Crippen LogP contribution < -0.4 is 4.74 Å². The molecule has 0 aliphatic heterocycles. The number of aliphatic hydroxyl groups excluding tert-OH is 3. The Kier molecular flexibility index (Phi) is 76.4. The van der Waals surface area contributed by atoms with E-state index in [1.807, 2.05) is 0 Å². The standard InChI is InChI=1S/C39H78N2O6.C36H61NO7.C11H25NO2/c1-6-11-14-21-26-37(47-39(44)45-34-32-41(31-33-42)30-29-40(9-4)10-5)27-22-17-15-16-18-23-28-38(43)46-35-36(24-19-12-7-2)25-20-13-8-3;1-4-7-10-16-21-31(20-9-6-3)29-30-42-35(38)24-19-15-13-12-14-18-23-33(22-17-11-8-5-2)43-36(39)44-34-27-25-32(26-28-34)37(40)41;1-3-12(4-2)8-5-11(6-9-13)7-10-14/h36-37,42H,6-35H2,1-5H3;25-28,31,33H,4-24,29-30H2,1-3H3;11,13-14H,3-10H2,1-2H3. The van der Waals surface area contributed by atoms with E-state index in [4.69, 9.17) is 38.6 Å². The first kappa shape index (κ1) is 103. The number of esters is 2. The van der Waals surface area contributed by atoms with Crippen LogP contribution in [0.1, 0.15) is 365 Å². The zero-order valence-electron chi connectivity index (χ0n) is 69.4. The molecule has 0 heterocycles. The van der Waals surface area contributed by atoms with Crippen LogP contribution in [0, 0.1) is 27.9 Å². The molecule has 0 saturated heterocycles. The van der Waals surface area contributed by atoms with E-state index in [-0.39, 0.29) is 62.0 Å². The highest BCUT2D eigenvalue weighted by atomic mass is 16.7. The number of nitrogens with zero attached hydrogens (tertiary/aromatic N) is 4. The second-order valence-corrected chi connectivity index (χ2v) is 29.4. The summed E-state index contributed by atoms with van der Waals surface area (Å²) in [5, 5.41) is 38.0. The summed E-state index contributed by atoms with van der Waals surface area (Å²) >= 11 is 0. The Labute approximate surface area is 642 Å². The quantitative estimate of drug-likeness (QED) is 0.0137. The highest BCUT2D eigenvalue weighted by Gasteiger charge is 2.20. The van der Waals surface area contributed by atoms with Gasteiger partial charge in [-0.2, -0.15) is 0 Å². The van der Waals surface area contributed by atoms with E-state index in [0.29, 0.717) is 56.9 Å². The third-order valence-corrected chi connectivity index (χ3v) is 20.5. The van der Waals surface area contributed by atoms with E-state index >= 15 is 0 Å². The molecule has 105 heavy (non-hydrogen) atoms. The van der Waals surface area contributed by atoms with Crippen molar-refractivity contribution in [2.45, 2.75) is 377 Å². The molecule has 0 bridgehead atoms. The van der Waals surface area contributed by atoms with Gasteiger partial charge < -0.3 is 53.5 Å². The van der Waals surface area contributed by atoms with Crippen molar-refractivity contribution in [1.29, 1.82) is 0 Å². The minimum Gasteiger partial charge on any atom is -0.466 e. The molecule has 0 fully saturated rings. The number of nitro groups is 1. The van der Waals surface area contributed by atoms with Gasteiger partial charge in [0.15, 0.2) is 0 Å². The molecule has 0 amide bonds. The molecule has 19 nitrogen and oxygen atoms in total. The summed E-state index contributed by atoms with van der Waals surface area (Å²) in [5.41, 5.74) is -0.0610. The van der Waals surface area contributed by atoms with Crippen molar-refractivity contribution >= 4 is 29.9 Å². The first-order chi connectivity index (χ1) is 51.1. The number of nitro benzene ring substituents is 1. The molecule has 3 N–H and O–H groups in total. The molecule has 3 atom stereocenters. The Balaban J connectivity index is 0. The topological polar surface area (TPSA) is 237 Å². The Hall–Kier alpha value is -4.14. The summed E-state index contributed by atoms with van der Waals surface area (Å²) in [4.78, 5) is 66.7. The van der Waals surface area contributed by atoms with E-state index < -0.39 is 17.2 Å². The third-order valence-electron chi connectivity index (χ3n) is 20.5. The van der Waals surface area contributed by atoms with E-state index in [1.54, 1.807) is 0 Å². The Morgan fingerprint density at radius 2 is 0.743 bits per heavy atom. The number of likely N-dealkylation sites (N-methyl/N-ethyl adjacent to an activating group) is 1. The summed E-state index contributed by atoms with van der Waals surface area (Å²) in [6, 6.07) is 5.40. The van der Waals surface area contributed by atoms with Crippen LogP contribution in [-0.4, -0.2) is 170 Å². The van der Waals surface area contributed by atoms with Gasteiger partial charge in [0.1, 0.15) is 24.6 Å². The fourth-order valence-corrected chi connectivity index (χ4v) is 13.3. The van der Waals surface area contributed by atoms with Crippen LogP contribution in [0.4, 0.5) is 15.3 Å². The largest absolute Gasteiger partial charge is 0.514 e. The number of hydrogen-bond acceptors (Lipinski definition) is 18. The van der Waals surface area contributed by atoms with Gasteiger partial charge in [0, 0.05) is 64.4 Å². The van der Waals surface area contributed by atoms with Crippen LogP contribution in [-0.2, 0) is 33.3 Å². The lowest BCUT2D eigenvalue weighted by molar-refractivity contribution is -0.384. The third kappa shape index (κ3) is 66.6. The number of benzene rings is 1. The SMILES string of the molecule is CCCCCCC(CCCC)CCOC(=O)CCCCCCCCC(CCCCCC)OC(=O)Oc1ccc([N+](=O)[O-])cc1.CCCCCCC(CCCCCCCCC(=O)OCC(CCCCC)CCCCC)OC(=O)OCCN(CCO)CCN(CC)CC.CCN(CC)CCC(CCO)CCO. The van der Waals surface area contributed by atoms with Crippen molar-refractivity contribution in [1.82, 2.24) is 14.7 Å². The van der Waals surface area contributed by atoms with Gasteiger partial charge in [-0.15, -0.1) is 0 Å². The average molecular weight is 1490 g/mol. The molecular weight excluding hydrogens is 1330 g/mol. The highest BCUT2D eigenvalue weighted by molar-refractivity contribution is 5.69. The lowest BCUT2D eigenvalue weighted by Crippen LogP contribution is -2.38. The predicted molar refractivity (Wildman–Crippen MR) is 432 cm³/mol. The summed E-state index contributed by atoms with van der Waals surface area (Å²) in [6.45, 7) is 32.1. The molecule has 0 saturated carbocycles. The number of hydrogen-bond donors (Lipinski definition) is 3. The molecule has 1 rings (SSSR count). The molecule has 1 aromatic rings. The lowest BCUT2D eigenvalue weighted by Gasteiger charge is -2.25. The van der Waals surface area contributed by atoms with Crippen LogP contribution in [0.25, 0.3) is 0 Å². The maximum absolute atomic E-state index is 12.5. The van der Waals surface area contributed by atoms with Crippen LogP contribution in [0.5, 0.6) is 5.75 Å². The molecule has 0 spiro atoms. The minimum atomic E-state index is -0.769. The lowest BCUT2D eigenvalue weighted by atomic mass is 9.92. The van der Waals surface area contributed by atoms with Crippen LogP contribution >= 0.6 is 0 Å². The van der Waals surface area contributed by atoms with E-state index in [2.05, 4.69) is 83.9 Å². The number of carbonyl (C=O) groups is 4. The van der Waals surface area contributed by atoms with E-state index in [1.165, 1.54) is 140 Å². The maximum atomic E-state index is 12.5. The summed E-state index contributed by atoms with van der Waals surface area (Å²) in [6.07, 6.45) is 47.9. The van der Waals surface area contributed by atoms with Gasteiger partial charge in [-0.3, -0.25) is 24.6 Å². The van der Waals surface area contributed by atoms with Crippen molar-refractivity contribution in [3.05, 3.63) is 34.4 Å². The first-order valence-corrected chi connectivity index (χ1v) is 43.4. The molecule has 0 aliphatic rings. The van der Waals surface area contributed by atoms with Gasteiger partial charge in [-0.25, -0.2) is 9.59 Å². The molecule has 618 valence electrons. The zero-order valence-corrected chi connectivity index (χ0v) is 69.4. The Morgan fingerprint density at radius 3 is 1.20 bits per heavy atom. The van der Waals surface area contributed by atoms with E-state index in [9.17, 15) is 34.4 Å². The smallest absolute Gasteiger partial charge is 0.466 e. The zero-order chi connectivity index (χ0) is 77.9. The minimum absolute atomic E-state index is 0.0309. The molecular formula is C86H164N4O15. The number of non-ortho nitro benzene ring substituents is 1. The maximum Gasteiger partial charge on any atom is 0.514 e. The van der Waals surface area contributed by atoms with Crippen LogP contribution in [0.15, 0.2) is 24.3 Å². The molecule has 0 aliphatic carbocycles. The number of unbranched alkanes of at least 4 members (excludes halogenated alkanes) is 24. The fraction of sp³-hybridized carbons (Fsp3) is 0.884. The highest BCUT2D eigenvalue weighted by Crippen LogP contribution is 2.25. The van der Waals surface area contributed by atoms with Crippen molar-refractivity contribution in [3.8, 4) is 5.75 Å². The molecule has 0 aromatic heterocycles. The van der Waals surface area contributed by atoms with Crippen LogP contribution in [0.2, 0.25) is 0 Å². The summed E-state index contributed by atoms with van der Waals surface area (Å²) in [7, 11) is 0. The number of aliphatic hydroxyl groups is 3. The number of rotatable bonds is 72. The fourth-order valence-electron chi connectivity index (χ4n) is 13.3. The molecule has 3 unspecified atom stereocenters. The molecule has 0 radical (unpaired) electrons. The van der Waals surface area contributed by atoms with Gasteiger partial charge in [0.05, 0.1) is 24.7 Å². The van der Waals surface area contributed by atoms with Gasteiger partial charge in [0.2, 0.25) is 0 Å². The van der Waals surface area contributed by atoms with Crippen molar-refractivity contribution < 1.29 is 67.8 Å². The van der Waals surface area contributed by atoms with Crippen LogP contribution in [0.3, 0.4) is 0 Å². The van der Waals surface area contributed by atoms with Gasteiger partial charge in [0.25, 0.3) is 5.69 Å². The van der Waals surface area contributed by atoms with Gasteiger partial charge in [-0.05, 0) is 165 Å². The van der Waals surface area contributed by atoms with Gasteiger partial charge >= 0.3 is 24.2 Å². The predicted octanol–water partition coefficient (Wildman–Crippen LogP) is 21.9. The van der Waals surface area contributed by atoms with E-state index in [0.717, 1.165) is 213 Å². The number of carbonyl (C=O) groups excluding carboxylic acids is 4. The second kappa shape index (κ2) is 78.0. The van der Waals surface area contributed by atoms with Crippen molar-refractivity contribution in [2.24, 2.45) is 17.8 Å². The average Bonchev–Trinajstić information content (AvgIpc) is 0.921. The van der Waals surface area contributed by atoms with Crippen molar-refractivity contribution in [3.63, 3.8) is 0 Å². The molecule has 19 heteroatoms. The van der Waals surface area contributed by atoms with Gasteiger partial charge in [-0.1, -0.05) is 249 Å². The summed E-state index contributed by atoms with van der Waals surface area (Å²) < 4.78 is 33.4. The number of ether oxygens (including phenoxy) is 6. The monoisotopic (exact) mass is 1490 g/mol.